The number of nitrogens with one attached hydrogen (secondary N) is 3. The van der Waals surface area contributed by atoms with Gasteiger partial charge in [-0.05, 0) is 43.4 Å². The Balaban J connectivity index is 1.52. The average Bonchev–Trinajstić information content (AvgIpc) is 2.98. The highest BCUT2D eigenvalue weighted by molar-refractivity contribution is 7.80. The fourth-order valence-corrected chi connectivity index (χ4v) is 2.43. The lowest BCUT2D eigenvalue weighted by atomic mass is 10.2. The maximum absolute atomic E-state index is 12.0. The lowest BCUT2D eigenvalue weighted by Gasteiger charge is -2.12. The van der Waals surface area contributed by atoms with Crippen molar-refractivity contribution >= 4 is 40.0 Å². The number of hydrogen-bond donors (Lipinski definition) is 3. The lowest BCUT2D eigenvalue weighted by molar-refractivity contribution is -0.122. The van der Waals surface area contributed by atoms with Gasteiger partial charge < -0.3 is 9.88 Å². The van der Waals surface area contributed by atoms with Gasteiger partial charge in [0.1, 0.15) is 6.54 Å². The van der Waals surface area contributed by atoms with E-state index in [1.165, 1.54) is 5.56 Å². The minimum atomic E-state index is -0.216. The molecule has 122 valence electrons. The third-order valence-corrected chi connectivity index (χ3v) is 3.67. The molecule has 0 unspecified atom stereocenters. The standard InChI is InChI=1S/C17H17N5OS/c1-12-6-8-13(9-7-12)19-17(24)21-20-16(23)10-22-11-18-14-4-2-3-5-15(14)22/h2-9,11H,10H2,1H3,(H,20,23)(H2,19,21,24). The Morgan fingerprint density at radius 3 is 2.67 bits per heavy atom. The molecule has 0 aliphatic carbocycles. The van der Waals surface area contributed by atoms with Crippen molar-refractivity contribution in [3.63, 3.8) is 0 Å². The summed E-state index contributed by atoms with van der Waals surface area (Å²) in [6.45, 7) is 2.17. The van der Waals surface area contributed by atoms with E-state index in [1.807, 2.05) is 55.5 Å². The van der Waals surface area contributed by atoms with Crippen molar-refractivity contribution in [1.82, 2.24) is 20.4 Å². The number of fused-ring (bicyclic) bond motifs is 1. The van der Waals surface area contributed by atoms with Crippen molar-refractivity contribution in [3.05, 3.63) is 60.4 Å². The van der Waals surface area contributed by atoms with E-state index in [0.29, 0.717) is 5.11 Å². The summed E-state index contributed by atoms with van der Waals surface area (Å²) in [5, 5.41) is 3.32. The van der Waals surface area contributed by atoms with Crippen LogP contribution in [0.3, 0.4) is 0 Å². The summed E-state index contributed by atoms with van der Waals surface area (Å²) in [4.78, 5) is 16.3. The minimum Gasteiger partial charge on any atom is -0.331 e. The smallest absolute Gasteiger partial charge is 0.258 e. The summed E-state index contributed by atoms with van der Waals surface area (Å²) in [7, 11) is 0. The van der Waals surface area contributed by atoms with E-state index >= 15 is 0 Å². The van der Waals surface area contributed by atoms with Crippen molar-refractivity contribution in [2.45, 2.75) is 13.5 Å². The number of hydrogen-bond acceptors (Lipinski definition) is 3. The summed E-state index contributed by atoms with van der Waals surface area (Å²) >= 11 is 5.16. The van der Waals surface area contributed by atoms with Gasteiger partial charge in [0.25, 0.3) is 5.91 Å². The van der Waals surface area contributed by atoms with Crippen molar-refractivity contribution < 1.29 is 4.79 Å². The average molecular weight is 339 g/mol. The van der Waals surface area contributed by atoms with Crippen LogP contribution >= 0.6 is 12.2 Å². The Kier molecular flexibility index (Phi) is 4.72. The molecule has 0 radical (unpaired) electrons. The third kappa shape index (κ3) is 3.88. The molecule has 24 heavy (non-hydrogen) atoms. The Labute approximate surface area is 144 Å². The second kappa shape index (κ2) is 7.10. The number of carbonyl (C=O) groups excluding carboxylic acids is 1. The SMILES string of the molecule is Cc1ccc(NC(=S)NNC(=O)Cn2cnc3ccccc32)cc1. The molecule has 1 heterocycles. The van der Waals surface area contributed by atoms with Crippen LogP contribution in [0.15, 0.2) is 54.9 Å². The van der Waals surface area contributed by atoms with Gasteiger partial charge in [-0.2, -0.15) is 0 Å². The molecule has 2 aromatic carbocycles. The van der Waals surface area contributed by atoms with Crippen molar-refractivity contribution in [2.24, 2.45) is 0 Å². The molecule has 0 aliphatic rings. The van der Waals surface area contributed by atoms with Crippen LogP contribution in [0.1, 0.15) is 5.56 Å². The number of carbonyl (C=O) groups is 1. The van der Waals surface area contributed by atoms with Crippen molar-refractivity contribution in [1.29, 1.82) is 0 Å². The van der Waals surface area contributed by atoms with Crippen LogP contribution in [0.2, 0.25) is 0 Å². The van der Waals surface area contributed by atoms with E-state index in [4.69, 9.17) is 12.2 Å². The van der Waals surface area contributed by atoms with Gasteiger partial charge in [0.05, 0.1) is 17.4 Å². The number of aryl methyl sites for hydroxylation is 1. The zero-order chi connectivity index (χ0) is 16.9. The Morgan fingerprint density at radius 1 is 1.12 bits per heavy atom. The van der Waals surface area contributed by atoms with Crippen molar-refractivity contribution in [2.75, 3.05) is 5.32 Å². The molecule has 0 bridgehead atoms. The second-order valence-corrected chi connectivity index (χ2v) is 5.76. The highest BCUT2D eigenvalue weighted by Gasteiger charge is 2.07. The number of amides is 1. The van der Waals surface area contributed by atoms with E-state index in [1.54, 1.807) is 10.9 Å². The number of aromatic nitrogens is 2. The van der Waals surface area contributed by atoms with Gasteiger partial charge in [-0.25, -0.2) is 4.98 Å². The molecule has 0 fully saturated rings. The van der Waals surface area contributed by atoms with Crippen LogP contribution < -0.4 is 16.2 Å². The first-order valence-corrected chi connectivity index (χ1v) is 7.85. The number of nitrogens with zero attached hydrogens (tertiary/aromatic N) is 2. The van der Waals surface area contributed by atoms with Gasteiger partial charge in [-0.15, -0.1) is 0 Å². The Bertz CT molecular complexity index is 872. The second-order valence-electron chi connectivity index (χ2n) is 5.35. The molecular weight excluding hydrogens is 322 g/mol. The lowest BCUT2D eigenvalue weighted by Crippen LogP contribution is -2.45. The molecule has 0 spiro atoms. The van der Waals surface area contributed by atoms with Gasteiger partial charge in [-0.1, -0.05) is 29.8 Å². The van der Waals surface area contributed by atoms with Crippen LogP contribution in [0.25, 0.3) is 11.0 Å². The normalized spacial score (nSPS) is 10.4. The van der Waals surface area contributed by atoms with E-state index in [-0.39, 0.29) is 12.5 Å². The van der Waals surface area contributed by atoms with Gasteiger partial charge >= 0.3 is 0 Å². The number of imidazole rings is 1. The molecule has 0 aliphatic heterocycles. The molecule has 0 atom stereocenters. The molecular formula is C17H17N5OS. The summed E-state index contributed by atoms with van der Waals surface area (Å²) in [5.41, 5.74) is 9.06. The largest absolute Gasteiger partial charge is 0.331 e. The first kappa shape index (κ1) is 15.9. The minimum absolute atomic E-state index is 0.153. The Hall–Kier alpha value is -2.93. The van der Waals surface area contributed by atoms with Crippen LogP contribution in [-0.2, 0) is 11.3 Å². The predicted octanol–water partition coefficient (Wildman–Crippen LogP) is 2.36. The molecule has 1 aromatic heterocycles. The molecule has 3 N–H and O–H groups in total. The molecule has 3 aromatic rings. The van der Waals surface area contributed by atoms with E-state index in [9.17, 15) is 4.79 Å². The molecule has 3 rings (SSSR count). The van der Waals surface area contributed by atoms with Crippen LogP contribution in [-0.4, -0.2) is 20.6 Å². The predicted molar refractivity (Wildman–Crippen MR) is 98.4 cm³/mol. The van der Waals surface area contributed by atoms with Crippen LogP contribution in [0.5, 0.6) is 0 Å². The topological polar surface area (TPSA) is 71.0 Å². The number of anilines is 1. The molecule has 1 amide bonds. The van der Waals surface area contributed by atoms with Crippen molar-refractivity contribution in [3.8, 4) is 0 Å². The highest BCUT2D eigenvalue weighted by atomic mass is 32.1. The molecule has 0 saturated carbocycles. The maximum atomic E-state index is 12.0. The quantitative estimate of drug-likeness (QED) is 0.505. The fraction of sp³-hybridized carbons (Fsp3) is 0.118. The maximum Gasteiger partial charge on any atom is 0.258 e. The number of hydrazine groups is 1. The van der Waals surface area contributed by atoms with Crippen LogP contribution in [0.4, 0.5) is 5.69 Å². The van der Waals surface area contributed by atoms with Gasteiger partial charge in [0.2, 0.25) is 0 Å². The Morgan fingerprint density at radius 2 is 1.88 bits per heavy atom. The summed E-state index contributed by atoms with van der Waals surface area (Å²) in [6, 6.07) is 15.5. The highest BCUT2D eigenvalue weighted by Crippen LogP contribution is 2.11. The van der Waals surface area contributed by atoms with Gasteiger partial charge in [0.15, 0.2) is 5.11 Å². The fourth-order valence-electron chi connectivity index (χ4n) is 2.26. The molecule has 0 saturated heterocycles. The van der Waals surface area contributed by atoms with E-state index < -0.39 is 0 Å². The first-order valence-electron chi connectivity index (χ1n) is 7.44. The zero-order valence-electron chi connectivity index (χ0n) is 13.1. The van der Waals surface area contributed by atoms with Crippen LogP contribution in [0, 0.1) is 6.92 Å². The molecule has 6 nitrogen and oxygen atoms in total. The zero-order valence-corrected chi connectivity index (χ0v) is 13.9. The van der Waals surface area contributed by atoms with Gasteiger partial charge in [0, 0.05) is 5.69 Å². The number of rotatable bonds is 3. The summed E-state index contributed by atoms with van der Waals surface area (Å²) in [5.74, 6) is -0.216. The van der Waals surface area contributed by atoms with Gasteiger partial charge in [-0.3, -0.25) is 15.6 Å². The monoisotopic (exact) mass is 339 g/mol. The molecule has 7 heteroatoms. The van der Waals surface area contributed by atoms with E-state index in [0.717, 1.165) is 16.7 Å². The first-order chi connectivity index (χ1) is 11.6. The number of para-hydroxylation sites is 2. The third-order valence-electron chi connectivity index (χ3n) is 3.47. The summed E-state index contributed by atoms with van der Waals surface area (Å²) < 4.78 is 1.78. The summed E-state index contributed by atoms with van der Waals surface area (Å²) in [6.07, 6.45) is 1.65. The van der Waals surface area contributed by atoms with E-state index in [2.05, 4.69) is 21.2 Å². The number of benzene rings is 2. The number of thiocarbonyl (C=S) groups is 1.